The van der Waals surface area contributed by atoms with Crippen LogP contribution < -0.4 is 35.3 Å². The van der Waals surface area contributed by atoms with E-state index >= 15 is 0 Å². The van der Waals surface area contributed by atoms with E-state index in [1.165, 1.54) is 4.90 Å². The first-order valence-electron chi connectivity index (χ1n) is 4.08. The van der Waals surface area contributed by atoms with Gasteiger partial charge in [0.05, 0.1) is 6.04 Å². The molecule has 3 amide bonds. The fourth-order valence-corrected chi connectivity index (χ4v) is 1.86. The maximum absolute atomic E-state index is 11.2. The Morgan fingerprint density at radius 2 is 2.36 bits per heavy atom. The summed E-state index contributed by atoms with van der Waals surface area (Å²) < 4.78 is 0. The van der Waals surface area contributed by atoms with Gasteiger partial charge in [0.2, 0.25) is 5.91 Å². The van der Waals surface area contributed by atoms with E-state index in [2.05, 4.69) is 5.32 Å². The smallest absolute Gasteiger partial charge is 0.423 e. The number of fused-ring (bicyclic) bond motifs is 2. The van der Waals surface area contributed by atoms with Crippen LogP contribution in [0.1, 0.15) is 6.92 Å². The molecule has 2 heterocycles. The summed E-state index contributed by atoms with van der Waals surface area (Å²) in [7, 11) is 0. The molecule has 0 aromatic heterocycles. The van der Waals surface area contributed by atoms with Crippen molar-refractivity contribution in [2.24, 2.45) is 5.73 Å². The van der Waals surface area contributed by atoms with Crippen LogP contribution in [0.25, 0.3) is 5.32 Å². The van der Waals surface area contributed by atoms with Gasteiger partial charge in [0, 0.05) is 0 Å². The Balaban J connectivity index is 0.000000980. The molecule has 14 heavy (non-hydrogen) atoms. The third kappa shape index (κ3) is 1.67. The molecule has 70 valence electrons. The Kier molecular flexibility index (Phi) is 3.24. The van der Waals surface area contributed by atoms with Gasteiger partial charge in [0.25, 0.3) is 0 Å². The number of urea groups is 1. The SMILES string of the molecule is CC1=C[C@@H]2CN(C(=O)[N-]2)[C@@H]1C(N)=O.[Na+]. The van der Waals surface area contributed by atoms with Gasteiger partial charge in [-0.1, -0.05) is 11.6 Å². The number of hydrogen-bond donors (Lipinski definition) is 1. The zero-order chi connectivity index (χ0) is 9.59. The Labute approximate surface area is 104 Å². The minimum absolute atomic E-state index is 0. The summed E-state index contributed by atoms with van der Waals surface area (Å²) in [5.74, 6) is -0.488. The number of nitrogens with zero attached hydrogens (tertiary/aromatic N) is 2. The van der Waals surface area contributed by atoms with Gasteiger partial charge in [-0.25, -0.2) is 0 Å². The van der Waals surface area contributed by atoms with Crippen molar-refractivity contribution in [2.45, 2.75) is 19.0 Å². The van der Waals surface area contributed by atoms with Crippen LogP contribution >= 0.6 is 0 Å². The summed E-state index contributed by atoms with van der Waals surface area (Å²) in [5.41, 5.74) is 6.01. The predicted molar refractivity (Wildman–Crippen MR) is 46.0 cm³/mol. The van der Waals surface area contributed by atoms with Crippen molar-refractivity contribution in [1.29, 1.82) is 0 Å². The van der Waals surface area contributed by atoms with Crippen LogP contribution in [0, 0.1) is 0 Å². The van der Waals surface area contributed by atoms with Crippen LogP contribution in [0.2, 0.25) is 0 Å². The second-order valence-electron chi connectivity index (χ2n) is 3.35. The number of primary amides is 1. The first-order chi connectivity index (χ1) is 6.09. The van der Waals surface area contributed by atoms with E-state index < -0.39 is 11.9 Å². The monoisotopic (exact) mass is 203 g/mol. The van der Waals surface area contributed by atoms with Gasteiger partial charge in [0.15, 0.2) is 6.03 Å². The summed E-state index contributed by atoms with van der Waals surface area (Å²) in [6.45, 7) is 2.28. The quantitative estimate of drug-likeness (QED) is 0.364. The van der Waals surface area contributed by atoms with Gasteiger partial charge in [-0.3, -0.25) is 9.59 Å². The van der Waals surface area contributed by atoms with Crippen LogP contribution in [0.5, 0.6) is 0 Å². The molecule has 0 aromatic rings. The topological polar surface area (TPSA) is 77.5 Å². The molecule has 0 radical (unpaired) electrons. The molecule has 2 aliphatic heterocycles. The van der Waals surface area contributed by atoms with Crippen molar-refractivity contribution in [3.8, 4) is 0 Å². The van der Waals surface area contributed by atoms with Crippen LogP contribution in [-0.4, -0.2) is 35.5 Å². The van der Waals surface area contributed by atoms with Gasteiger partial charge in [-0.05, 0) is 19.5 Å². The molecule has 0 spiro atoms. The first-order valence-corrected chi connectivity index (χ1v) is 4.08. The number of amides is 3. The van der Waals surface area contributed by atoms with Gasteiger partial charge in [-0.2, -0.15) is 0 Å². The van der Waals surface area contributed by atoms with E-state index in [0.29, 0.717) is 6.54 Å². The Hall–Kier alpha value is -0.520. The molecule has 2 aliphatic rings. The molecule has 1 fully saturated rings. The van der Waals surface area contributed by atoms with Crippen molar-refractivity contribution in [2.75, 3.05) is 6.54 Å². The largest absolute Gasteiger partial charge is 1.00 e. The van der Waals surface area contributed by atoms with Crippen molar-refractivity contribution in [3.63, 3.8) is 0 Å². The molecule has 0 unspecified atom stereocenters. The van der Waals surface area contributed by atoms with Crippen molar-refractivity contribution < 1.29 is 39.1 Å². The van der Waals surface area contributed by atoms with E-state index in [-0.39, 0.29) is 41.6 Å². The Morgan fingerprint density at radius 1 is 1.71 bits per heavy atom. The number of rotatable bonds is 1. The molecule has 0 aliphatic carbocycles. The minimum atomic E-state index is -0.588. The summed E-state index contributed by atoms with van der Waals surface area (Å²) in [6, 6.07) is -1.00. The number of nitrogens with two attached hydrogens (primary N) is 1. The van der Waals surface area contributed by atoms with Crippen LogP contribution in [-0.2, 0) is 4.79 Å². The Morgan fingerprint density at radius 3 is 2.93 bits per heavy atom. The van der Waals surface area contributed by atoms with E-state index in [1.54, 1.807) is 6.92 Å². The second-order valence-corrected chi connectivity index (χ2v) is 3.35. The maximum atomic E-state index is 11.2. The molecule has 5 nitrogen and oxygen atoms in total. The summed E-state index contributed by atoms with van der Waals surface area (Å²) in [6.07, 6.45) is 1.83. The molecule has 2 N–H and O–H groups in total. The number of carbonyl (C=O) groups excluding carboxylic acids is 2. The average Bonchev–Trinajstić information content (AvgIpc) is 2.27. The predicted octanol–water partition coefficient (Wildman–Crippen LogP) is -3.02. The molecule has 2 atom stereocenters. The van der Waals surface area contributed by atoms with Crippen molar-refractivity contribution >= 4 is 11.9 Å². The first kappa shape index (κ1) is 11.6. The third-order valence-electron chi connectivity index (χ3n) is 2.37. The standard InChI is InChI=1S/C8H11N3O2.Na/c1-4-2-5-3-11(8(13)10-5)6(4)7(9)12;/h2,5-6H,3H2,1H3,(H3,9,10,12,13);/q;+1/p-1/t5-,6+;/m1./s1. The molecule has 6 heteroatoms. The van der Waals surface area contributed by atoms with E-state index in [9.17, 15) is 9.59 Å². The van der Waals surface area contributed by atoms with Gasteiger partial charge >= 0.3 is 29.6 Å². The summed E-state index contributed by atoms with van der Waals surface area (Å²) >= 11 is 0. The van der Waals surface area contributed by atoms with Gasteiger partial charge in [-0.15, -0.1) is 0 Å². The third-order valence-corrected chi connectivity index (χ3v) is 2.37. The van der Waals surface area contributed by atoms with Crippen LogP contribution in [0.15, 0.2) is 11.6 Å². The molecule has 1 saturated heterocycles. The van der Waals surface area contributed by atoms with Gasteiger partial charge < -0.3 is 16.0 Å². The molecule has 2 rings (SSSR count). The molecular weight excluding hydrogens is 193 g/mol. The summed E-state index contributed by atoms with van der Waals surface area (Å²) in [5, 5.41) is 3.84. The normalized spacial score (nSPS) is 29.1. The zero-order valence-corrected chi connectivity index (χ0v) is 10.2. The molecule has 0 aromatic carbocycles. The fraction of sp³-hybridized carbons (Fsp3) is 0.500. The van der Waals surface area contributed by atoms with E-state index in [1.807, 2.05) is 6.08 Å². The van der Waals surface area contributed by atoms with Crippen LogP contribution in [0.4, 0.5) is 4.79 Å². The number of hydrogen-bond acceptors (Lipinski definition) is 2. The van der Waals surface area contributed by atoms with Gasteiger partial charge in [0.1, 0.15) is 0 Å². The van der Waals surface area contributed by atoms with E-state index in [4.69, 9.17) is 5.73 Å². The second kappa shape index (κ2) is 3.92. The maximum Gasteiger partial charge on any atom is 1.00 e. The molecule has 2 bridgehead atoms. The van der Waals surface area contributed by atoms with Crippen molar-refractivity contribution in [1.82, 2.24) is 4.90 Å². The zero-order valence-electron chi connectivity index (χ0n) is 8.23. The average molecular weight is 203 g/mol. The number of carbonyl (C=O) groups is 2. The minimum Gasteiger partial charge on any atom is -0.423 e. The Bertz CT molecular complexity index is 316. The molecule has 0 saturated carbocycles. The van der Waals surface area contributed by atoms with Crippen LogP contribution in [0.3, 0.4) is 0 Å². The fourth-order valence-electron chi connectivity index (χ4n) is 1.86. The summed E-state index contributed by atoms with van der Waals surface area (Å²) in [4.78, 5) is 23.7. The van der Waals surface area contributed by atoms with Crippen molar-refractivity contribution in [3.05, 3.63) is 17.0 Å². The van der Waals surface area contributed by atoms with E-state index in [0.717, 1.165) is 5.57 Å². The molecular formula is C8H10N3NaO2.